The summed E-state index contributed by atoms with van der Waals surface area (Å²) in [6, 6.07) is 7.65. The van der Waals surface area contributed by atoms with E-state index in [9.17, 15) is 9.59 Å². The first-order chi connectivity index (χ1) is 12.7. The zero-order chi connectivity index (χ0) is 17.9. The van der Waals surface area contributed by atoms with Crippen molar-refractivity contribution in [1.82, 2.24) is 15.5 Å². The maximum atomic E-state index is 12.6. The number of amides is 3. The smallest absolute Gasteiger partial charge is 0.318 e. The highest BCUT2D eigenvalue weighted by Gasteiger charge is 2.38. The van der Waals surface area contributed by atoms with Crippen molar-refractivity contribution in [2.24, 2.45) is 0 Å². The van der Waals surface area contributed by atoms with Gasteiger partial charge in [0.2, 0.25) is 5.91 Å². The second kappa shape index (κ2) is 7.43. The summed E-state index contributed by atoms with van der Waals surface area (Å²) in [6.07, 6.45) is 4.69. The number of piperazine rings is 1. The van der Waals surface area contributed by atoms with Crippen molar-refractivity contribution >= 4 is 11.9 Å². The fourth-order valence-electron chi connectivity index (χ4n) is 4.05. The first-order valence-corrected chi connectivity index (χ1v) is 9.43. The molecule has 0 radical (unpaired) electrons. The Labute approximate surface area is 153 Å². The number of benzene rings is 1. The number of carbonyl (C=O) groups is 2. The molecule has 1 saturated heterocycles. The number of nitrogens with zero attached hydrogens (tertiary/aromatic N) is 1. The van der Waals surface area contributed by atoms with Gasteiger partial charge in [0.15, 0.2) is 11.5 Å². The monoisotopic (exact) mass is 359 g/mol. The zero-order valence-corrected chi connectivity index (χ0v) is 14.8. The van der Waals surface area contributed by atoms with Crippen LogP contribution in [0.2, 0.25) is 0 Å². The number of carbonyl (C=O) groups excluding carboxylic acids is 2. The normalized spacial score (nSPS) is 27.3. The molecule has 7 nitrogen and oxygen atoms in total. The van der Waals surface area contributed by atoms with E-state index in [-0.39, 0.29) is 36.7 Å². The molecule has 26 heavy (non-hydrogen) atoms. The van der Waals surface area contributed by atoms with Gasteiger partial charge in [0.05, 0.1) is 6.04 Å². The molecular weight excluding hydrogens is 334 g/mol. The highest BCUT2D eigenvalue weighted by Crippen LogP contribution is 2.31. The van der Waals surface area contributed by atoms with E-state index in [1.165, 1.54) is 0 Å². The first-order valence-electron chi connectivity index (χ1n) is 9.43. The van der Waals surface area contributed by atoms with E-state index in [0.29, 0.717) is 19.6 Å². The van der Waals surface area contributed by atoms with Gasteiger partial charge in [-0.1, -0.05) is 25.0 Å². The van der Waals surface area contributed by atoms with Crippen LogP contribution in [0.5, 0.6) is 11.5 Å². The molecule has 1 aromatic carbocycles. The van der Waals surface area contributed by atoms with Crippen LogP contribution in [0.15, 0.2) is 24.3 Å². The predicted octanol–water partition coefficient (Wildman–Crippen LogP) is 1.67. The third-order valence-electron chi connectivity index (χ3n) is 5.36. The minimum Gasteiger partial charge on any atom is -0.486 e. The van der Waals surface area contributed by atoms with Crippen LogP contribution in [0.3, 0.4) is 0 Å². The van der Waals surface area contributed by atoms with Gasteiger partial charge in [0.25, 0.3) is 0 Å². The molecule has 1 aliphatic carbocycles. The summed E-state index contributed by atoms with van der Waals surface area (Å²) in [5, 5.41) is 5.97. The number of para-hydroxylation sites is 2. The number of hydrogen-bond acceptors (Lipinski definition) is 4. The molecule has 3 aliphatic rings. The molecule has 3 amide bonds. The molecule has 3 atom stereocenters. The van der Waals surface area contributed by atoms with Crippen LogP contribution in [-0.4, -0.2) is 54.7 Å². The molecule has 1 aromatic rings. The van der Waals surface area contributed by atoms with Crippen molar-refractivity contribution in [3.8, 4) is 11.5 Å². The van der Waals surface area contributed by atoms with Gasteiger partial charge < -0.3 is 25.0 Å². The van der Waals surface area contributed by atoms with E-state index in [1.54, 1.807) is 4.90 Å². The van der Waals surface area contributed by atoms with Crippen molar-refractivity contribution in [2.75, 3.05) is 19.7 Å². The average molecular weight is 359 g/mol. The lowest BCUT2D eigenvalue weighted by Crippen LogP contribution is -2.64. The Bertz CT molecular complexity index is 681. The molecular formula is C19H25N3O4. The molecule has 7 heteroatoms. The Balaban J connectivity index is 1.28. The van der Waals surface area contributed by atoms with E-state index < -0.39 is 0 Å². The summed E-state index contributed by atoms with van der Waals surface area (Å²) in [6.45, 7) is 1.11. The molecule has 2 N–H and O–H groups in total. The number of hydrogen-bond donors (Lipinski definition) is 2. The quantitative estimate of drug-likeness (QED) is 0.860. The van der Waals surface area contributed by atoms with Crippen molar-refractivity contribution in [1.29, 1.82) is 0 Å². The molecule has 0 spiro atoms. The summed E-state index contributed by atoms with van der Waals surface area (Å²) in [5.41, 5.74) is 0. The van der Waals surface area contributed by atoms with Gasteiger partial charge in [0, 0.05) is 19.0 Å². The van der Waals surface area contributed by atoms with Crippen LogP contribution in [0.25, 0.3) is 0 Å². The maximum absolute atomic E-state index is 12.6. The average Bonchev–Trinajstić information content (AvgIpc) is 2.67. The van der Waals surface area contributed by atoms with Crippen LogP contribution in [0.1, 0.15) is 32.1 Å². The van der Waals surface area contributed by atoms with Gasteiger partial charge in [-0.15, -0.1) is 0 Å². The van der Waals surface area contributed by atoms with Crippen LogP contribution in [-0.2, 0) is 4.79 Å². The number of rotatable bonds is 3. The van der Waals surface area contributed by atoms with Crippen LogP contribution in [0.4, 0.5) is 4.79 Å². The Morgan fingerprint density at radius 3 is 2.92 bits per heavy atom. The number of urea groups is 1. The number of nitrogens with one attached hydrogen (secondary N) is 2. The SMILES string of the molecule is O=C1CN(C(=O)NCCC2COc3ccccc3O2)C2CCCCC2N1. The summed E-state index contributed by atoms with van der Waals surface area (Å²) in [7, 11) is 0. The molecule has 2 fully saturated rings. The largest absolute Gasteiger partial charge is 0.486 e. The lowest BCUT2D eigenvalue weighted by atomic mass is 9.87. The molecule has 2 aliphatic heterocycles. The molecule has 1 saturated carbocycles. The third kappa shape index (κ3) is 3.57. The lowest BCUT2D eigenvalue weighted by Gasteiger charge is -2.43. The van der Waals surface area contributed by atoms with Crippen molar-refractivity contribution in [3.63, 3.8) is 0 Å². The second-order valence-electron chi connectivity index (χ2n) is 7.17. The predicted molar refractivity (Wildman–Crippen MR) is 95.3 cm³/mol. The van der Waals surface area contributed by atoms with Crippen LogP contribution in [0, 0.1) is 0 Å². The Hall–Kier alpha value is -2.44. The van der Waals surface area contributed by atoms with Gasteiger partial charge in [-0.2, -0.15) is 0 Å². The van der Waals surface area contributed by atoms with E-state index in [2.05, 4.69) is 10.6 Å². The van der Waals surface area contributed by atoms with Gasteiger partial charge >= 0.3 is 6.03 Å². The summed E-state index contributed by atoms with van der Waals surface area (Å²) < 4.78 is 11.6. The lowest BCUT2D eigenvalue weighted by molar-refractivity contribution is -0.126. The summed E-state index contributed by atoms with van der Waals surface area (Å²) in [5.74, 6) is 1.44. The molecule has 0 aromatic heterocycles. The van der Waals surface area contributed by atoms with Crippen molar-refractivity contribution in [3.05, 3.63) is 24.3 Å². The topological polar surface area (TPSA) is 79.9 Å². The molecule has 3 unspecified atom stereocenters. The molecule has 140 valence electrons. The highest BCUT2D eigenvalue weighted by atomic mass is 16.6. The standard InChI is InChI=1S/C19H25N3O4/c23-18-11-22(15-6-2-1-5-14(15)21-18)19(24)20-10-9-13-12-25-16-7-3-4-8-17(16)26-13/h3-4,7-8,13-15H,1-2,5-6,9-12H2,(H,20,24)(H,21,23). The maximum Gasteiger partial charge on any atom is 0.318 e. The van der Waals surface area contributed by atoms with Gasteiger partial charge in [0.1, 0.15) is 19.3 Å². The van der Waals surface area contributed by atoms with Crippen LogP contribution >= 0.6 is 0 Å². The van der Waals surface area contributed by atoms with Crippen molar-refractivity contribution < 1.29 is 19.1 Å². The number of fused-ring (bicyclic) bond motifs is 2. The summed E-state index contributed by atoms with van der Waals surface area (Å²) in [4.78, 5) is 26.2. The third-order valence-corrected chi connectivity index (χ3v) is 5.36. The molecule has 0 bridgehead atoms. The molecule has 4 rings (SSSR count). The molecule has 2 heterocycles. The minimum atomic E-state index is -0.158. The minimum absolute atomic E-state index is 0.0658. The second-order valence-corrected chi connectivity index (χ2v) is 7.17. The van der Waals surface area contributed by atoms with Crippen molar-refractivity contribution in [2.45, 2.75) is 50.3 Å². The summed E-state index contributed by atoms with van der Waals surface area (Å²) >= 11 is 0. The van der Waals surface area contributed by atoms with Gasteiger partial charge in [-0.3, -0.25) is 4.79 Å². The fraction of sp³-hybridized carbons (Fsp3) is 0.579. The first kappa shape index (κ1) is 17.0. The fourth-order valence-corrected chi connectivity index (χ4v) is 4.05. The number of ether oxygens (including phenoxy) is 2. The van der Waals surface area contributed by atoms with Crippen LogP contribution < -0.4 is 20.1 Å². The zero-order valence-electron chi connectivity index (χ0n) is 14.8. The van der Waals surface area contributed by atoms with Gasteiger partial charge in [-0.05, 0) is 25.0 Å². The Morgan fingerprint density at radius 2 is 2.04 bits per heavy atom. The Kier molecular flexibility index (Phi) is 4.86. The van der Waals surface area contributed by atoms with E-state index in [4.69, 9.17) is 9.47 Å². The Morgan fingerprint density at radius 1 is 1.23 bits per heavy atom. The van der Waals surface area contributed by atoms with E-state index in [0.717, 1.165) is 37.2 Å². The highest BCUT2D eigenvalue weighted by molar-refractivity contribution is 5.86. The van der Waals surface area contributed by atoms with E-state index in [1.807, 2.05) is 24.3 Å². The van der Waals surface area contributed by atoms with E-state index >= 15 is 0 Å². The van der Waals surface area contributed by atoms with Gasteiger partial charge in [-0.25, -0.2) is 4.79 Å².